The van der Waals surface area contributed by atoms with E-state index < -0.39 is 6.10 Å². The second-order valence-corrected chi connectivity index (χ2v) is 6.11. The molecule has 3 rings (SSSR count). The van der Waals surface area contributed by atoms with Crippen LogP contribution < -0.4 is 10.1 Å². The van der Waals surface area contributed by atoms with E-state index in [1.54, 1.807) is 18.2 Å². The molecule has 0 spiro atoms. The quantitative estimate of drug-likeness (QED) is 0.879. The first-order chi connectivity index (χ1) is 10.6. The predicted octanol–water partition coefficient (Wildman–Crippen LogP) is 4.39. The summed E-state index contributed by atoms with van der Waals surface area (Å²) in [6, 6.07) is 14.6. The van der Waals surface area contributed by atoms with Crippen LogP contribution in [-0.2, 0) is 4.79 Å². The van der Waals surface area contributed by atoms with Gasteiger partial charge in [-0.2, -0.15) is 0 Å². The minimum Gasteiger partial charge on any atom is -0.474 e. The van der Waals surface area contributed by atoms with Crippen molar-refractivity contribution in [2.45, 2.75) is 25.0 Å². The zero-order chi connectivity index (χ0) is 15.5. The lowest BCUT2D eigenvalue weighted by molar-refractivity contribution is -0.128. The molecule has 0 aromatic heterocycles. The molecule has 0 unspecified atom stereocenters. The highest BCUT2D eigenvalue weighted by molar-refractivity contribution is 6.35. The minimum atomic E-state index is -0.736. The molecule has 1 aliphatic carbocycles. The average molecular weight is 336 g/mol. The van der Waals surface area contributed by atoms with Crippen LogP contribution in [0.2, 0.25) is 10.0 Å². The van der Waals surface area contributed by atoms with E-state index in [4.69, 9.17) is 27.9 Å². The Morgan fingerprint density at radius 2 is 1.86 bits per heavy atom. The van der Waals surface area contributed by atoms with Crippen molar-refractivity contribution in [3.8, 4) is 5.75 Å². The topological polar surface area (TPSA) is 38.3 Å². The van der Waals surface area contributed by atoms with Crippen LogP contribution in [0.25, 0.3) is 0 Å². The highest BCUT2D eigenvalue weighted by atomic mass is 35.5. The predicted molar refractivity (Wildman–Crippen MR) is 87.4 cm³/mol. The van der Waals surface area contributed by atoms with Crippen LogP contribution >= 0.6 is 23.2 Å². The van der Waals surface area contributed by atoms with E-state index in [2.05, 4.69) is 5.32 Å². The fourth-order valence-corrected chi connectivity index (χ4v) is 2.56. The zero-order valence-electron chi connectivity index (χ0n) is 11.8. The van der Waals surface area contributed by atoms with Gasteiger partial charge in [-0.15, -0.1) is 0 Å². The summed E-state index contributed by atoms with van der Waals surface area (Å²) in [5.41, 5.74) is 0.784. The van der Waals surface area contributed by atoms with Crippen molar-refractivity contribution in [2.24, 2.45) is 0 Å². The van der Waals surface area contributed by atoms with E-state index in [1.807, 2.05) is 30.3 Å². The van der Waals surface area contributed by atoms with E-state index in [-0.39, 0.29) is 11.9 Å². The number of benzene rings is 2. The Kier molecular flexibility index (Phi) is 4.55. The molecule has 1 fully saturated rings. The second-order valence-electron chi connectivity index (χ2n) is 5.27. The first-order valence-corrected chi connectivity index (χ1v) is 7.86. The summed E-state index contributed by atoms with van der Waals surface area (Å²) in [5.74, 6) is 0.283. The number of rotatable bonds is 5. The van der Waals surface area contributed by atoms with Crippen LogP contribution in [0.4, 0.5) is 0 Å². The van der Waals surface area contributed by atoms with Gasteiger partial charge >= 0.3 is 0 Å². The van der Waals surface area contributed by atoms with Gasteiger partial charge in [0.15, 0.2) is 0 Å². The Hall–Kier alpha value is -1.71. The third-order valence-electron chi connectivity index (χ3n) is 3.40. The molecular weight excluding hydrogens is 321 g/mol. The number of nitrogens with one attached hydrogen (secondary N) is 1. The summed E-state index contributed by atoms with van der Waals surface area (Å²) in [4.78, 5) is 12.5. The molecule has 5 heteroatoms. The third kappa shape index (κ3) is 3.73. The molecular formula is C17H15Cl2NO2. The van der Waals surface area contributed by atoms with Crippen LogP contribution in [-0.4, -0.2) is 11.9 Å². The summed E-state index contributed by atoms with van der Waals surface area (Å²) in [6.07, 6.45) is 1.31. The summed E-state index contributed by atoms with van der Waals surface area (Å²) < 4.78 is 5.87. The first-order valence-electron chi connectivity index (χ1n) is 7.10. The molecule has 1 atom stereocenters. The number of hydrogen-bond acceptors (Lipinski definition) is 2. The Labute approximate surface area is 139 Å². The van der Waals surface area contributed by atoms with Gasteiger partial charge in [0.1, 0.15) is 5.75 Å². The monoisotopic (exact) mass is 335 g/mol. The molecule has 2 aromatic carbocycles. The van der Waals surface area contributed by atoms with Gasteiger partial charge in [0.05, 0.1) is 5.02 Å². The number of carbonyl (C=O) groups excluding carboxylic acids is 1. The van der Waals surface area contributed by atoms with Crippen LogP contribution in [0.5, 0.6) is 5.75 Å². The molecule has 0 bridgehead atoms. The smallest absolute Gasteiger partial charge is 0.266 e. The van der Waals surface area contributed by atoms with Crippen molar-refractivity contribution in [1.82, 2.24) is 5.32 Å². The molecule has 1 saturated carbocycles. The van der Waals surface area contributed by atoms with Crippen LogP contribution in [0.3, 0.4) is 0 Å². The first kappa shape index (κ1) is 15.2. The van der Waals surface area contributed by atoms with Crippen LogP contribution in [0.15, 0.2) is 48.5 Å². The van der Waals surface area contributed by atoms with Gasteiger partial charge in [0.2, 0.25) is 6.10 Å². The molecule has 0 heterocycles. The molecule has 3 nitrogen and oxygen atoms in total. The minimum absolute atomic E-state index is 0.153. The van der Waals surface area contributed by atoms with Gasteiger partial charge in [-0.1, -0.05) is 53.5 Å². The number of hydrogen-bond donors (Lipinski definition) is 1. The maximum Gasteiger partial charge on any atom is 0.266 e. The largest absolute Gasteiger partial charge is 0.474 e. The van der Waals surface area contributed by atoms with Crippen molar-refractivity contribution in [3.05, 3.63) is 64.1 Å². The normalized spacial score (nSPS) is 15.2. The molecule has 114 valence electrons. The average Bonchev–Trinajstić information content (AvgIpc) is 3.31. The molecule has 1 amide bonds. The molecule has 0 radical (unpaired) electrons. The standard InChI is InChI=1S/C17H15Cl2NO2/c18-12-6-9-15(14(19)10-12)22-16(11-4-2-1-3-5-11)17(21)20-13-7-8-13/h1-6,9-10,13,16H,7-8H2,(H,20,21)/t16-/m0/s1. The van der Waals surface area contributed by atoms with E-state index >= 15 is 0 Å². The van der Waals surface area contributed by atoms with Gasteiger partial charge < -0.3 is 10.1 Å². The molecule has 2 aromatic rings. The Morgan fingerprint density at radius 1 is 1.14 bits per heavy atom. The Bertz CT molecular complexity index is 672. The van der Waals surface area contributed by atoms with E-state index in [0.29, 0.717) is 15.8 Å². The summed E-state index contributed by atoms with van der Waals surface area (Å²) in [6.45, 7) is 0. The highest BCUT2D eigenvalue weighted by Gasteiger charge is 2.30. The molecule has 0 aliphatic heterocycles. The summed E-state index contributed by atoms with van der Waals surface area (Å²) in [5, 5.41) is 3.88. The Morgan fingerprint density at radius 3 is 2.50 bits per heavy atom. The van der Waals surface area contributed by atoms with Crippen molar-refractivity contribution in [1.29, 1.82) is 0 Å². The maximum atomic E-state index is 12.5. The van der Waals surface area contributed by atoms with Gasteiger partial charge in [-0.3, -0.25) is 4.79 Å². The maximum absolute atomic E-state index is 12.5. The van der Waals surface area contributed by atoms with Gasteiger partial charge in [-0.05, 0) is 31.0 Å². The molecule has 1 N–H and O–H groups in total. The second kappa shape index (κ2) is 6.59. The molecule has 1 aliphatic rings. The van der Waals surface area contributed by atoms with E-state index in [9.17, 15) is 4.79 Å². The van der Waals surface area contributed by atoms with E-state index in [0.717, 1.165) is 18.4 Å². The fraction of sp³-hybridized carbons (Fsp3) is 0.235. The lowest BCUT2D eigenvalue weighted by Gasteiger charge is -2.20. The lowest BCUT2D eigenvalue weighted by atomic mass is 10.1. The van der Waals surface area contributed by atoms with Gasteiger partial charge in [0.25, 0.3) is 5.91 Å². The van der Waals surface area contributed by atoms with Crippen molar-refractivity contribution in [3.63, 3.8) is 0 Å². The highest BCUT2D eigenvalue weighted by Crippen LogP contribution is 2.32. The van der Waals surface area contributed by atoms with Gasteiger partial charge in [-0.25, -0.2) is 0 Å². The number of carbonyl (C=O) groups is 1. The molecule has 22 heavy (non-hydrogen) atoms. The number of ether oxygens (including phenoxy) is 1. The third-order valence-corrected chi connectivity index (χ3v) is 3.93. The SMILES string of the molecule is O=C(NC1CC1)[C@@H](Oc1ccc(Cl)cc1Cl)c1ccccc1. The van der Waals surface area contributed by atoms with Crippen LogP contribution in [0, 0.1) is 0 Å². The molecule has 0 saturated heterocycles. The zero-order valence-corrected chi connectivity index (χ0v) is 13.3. The number of halogens is 2. The van der Waals surface area contributed by atoms with Crippen molar-refractivity contribution < 1.29 is 9.53 Å². The lowest BCUT2D eigenvalue weighted by Crippen LogP contribution is -2.33. The Balaban J connectivity index is 1.85. The number of amides is 1. The summed E-state index contributed by atoms with van der Waals surface area (Å²) >= 11 is 12.0. The van der Waals surface area contributed by atoms with Crippen LogP contribution in [0.1, 0.15) is 24.5 Å². The van der Waals surface area contributed by atoms with Crippen molar-refractivity contribution >= 4 is 29.1 Å². The van der Waals surface area contributed by atoms with Crippen molar-refractivity contribution in [2.75, 3.05) is 0 Å². The van der Waals surface area contributed by atoms with Gasteiger partial charge in [0, 0.05) is 16.6 Å². The summed E-state index contributed by atoms with van der Waals surface area (Å²) in [7, 11) is 0. The van der Waals surface area contributed by atoms with E-state index in [1.165, 1.54) is 0 Å². The fourth-order valence-electron chi connectivity index (χ4n) is 2.10.